The molecule has 4 aromatic rings. The molecule has 0 bridgehead atoms. The Balaban J connectivity index is 1.64. The summed E-state index contributed by atoms with van der Waals surface area (Å²) in [6.45, 7) is -0.116. The third-order valence-corrected chi connectivity index (χ3v) is 7.31. The lowest BCUT2D eigenvalue weighted by Crippen LogP contribution is -2.37. The molecule has 2 aromatic carbocycles. The van der Waals surface area contributed by atoms with E-state index in [-0.39, 0.29) is 46.7 Å². The largest absolute Gasteiger partial charge is 0.493 e. The number of aromatic nitrogens is 2. The highest BCUT2D eigenvalue weighted by molar-refractivity contribution is 7.99. The summed E-state index contributed by atoms with van der Waals surface area (Å²) < 4.78 is 7.05. The lowest BCUT2D eigenvalue weighted by atomic mass is 10.1. The molecular weight excluding hydrogens is 450 g/mol. The van der Waals surface area contributed by atoms with E-state index in [4.69, 9.17) is 4.74 Å². The SMILES string of the molecule is COc1c(C(=O)NC2CCSCC2)[nH]c2c1c(=O)n(CC(=O)c1ccccc1)c1ccccc21. The Labute approximate surface area is 200 Å². The van der Waals surface area contributed by atoms with Gasteiger partial charge in [0.05, 0.1) is 24.7 Å². The first kappa shape index (κ1) is 22.3. The topological polar surface area (TPSA) is 93.2 Å². The van der Waals surface area contributed by atoms with E-state index in [0.717, 1.165) is 29.7 Å². The van der Waals surface area contributed by atoms with Crippen molar-refractivity contribution >= 4 is 45.3 Å². The molecule has 0 saturated carbocycles. The van der Waals surface area contributed by atoms with Crippen LogP contribution in [0.5, 0.6) is 5.75 Å². The van der Waals surface area contributed by atoms with Crippen LogP contribution in [0.1, 0.15) is 33.7 Å². The number of hydrogen-bond donors (Lipinski definition) is 2. The third-order valence-electron chi connectivity index (χ3n) is 6.26. The smallest absolute Gasteiger partial charge is 0.271 e. The van der Waals surface area contributed by atoms with Crippen molar-refractivity contribution < 1.29 is 14.3 Å². The molecule has 0 unspecified atom stereocenters. The second-order valence-electron chi connectivity index (χ2n) is 8.34. The normalized spacial score (nSPS) is 14.4. The minimum atomic E-state index is -0.376. The Morgan fingerprint density at radius 2 is 1.79 bits per heavy atom. The number of nitrogens with one attached hydrogen (secondary N) is 2. The minimum absolute atomic E-state index is 0.0989. The molecule has 0 aliphatic carbocycles. The molecule has 5 rings (SSSR count). The number of fused-ring (bicyclic) bond motifs is 3. The zero-order chi connectivity index (χ0) is 23.7. The van der Waals surface area contributed by atoms with Crippen LogP contribution in [0.2, 0.25) is 0 Å². The number of ketones is 1. The first-order valence-corrected chi connectivity index (χ1v) is 12.4. The van der Waals surface area contributed by atoms with E-state index < -0.39 is 0 Å². The van der Waals surface area contributed by atoms with Gasteiger partial charge in [0.1, 0.15) is 11.1 Å². The zero-order valence-electron chi connectivity index (χ0n) is 18.8. The highest BCUT2D eigenvalue weighted by Gasteiger charge is 2.26. The maximum Gasteiger partial charge on any atom is 0.271 e. The molecule has 2 aromatic heterocycles. The summed E-state index contributed by atoms with van der Waals surface area (Å²) in [5, 5.41) is 4.09. The second-order valence-corrected chi connectivity index (χ2v) is 9.57. The number of para-hydroxylation sites is 1. The van der Waals surface area contributed by atoms with E-state index in [2.05, 4.69) is 10.3 Å². The van der Waals surface area contributed by atoms with Gasteiger partial charge in [-0.05, 0) is 30.4 Å². The Hall–Kier alpha value is -3.52. The van der Waals surface area contributed by atoms with Crippen LogP contribution in [-0.4, -0.2) is 45.9 Å². The van der Waals surface area contributed by atoms with Gasteiger partial charge in [0, 0.05) is 17.0 Å². The molecule has 1 amide bonds. The number of hydrogen-bond acceptors (Lipinski definition) is 5. The Morgan fingerprint density at radius 1 is 1.09 bits per heavy atom. The van der Waals surface area contributed by atoms with Crippen molar-refractivity contribution in [1.29, 1.82) is 0 Å². The van der Waals surface area contributed by atoms with E-state index in [1.165, 1.54) is 11.7 Å². The molecule has 1 aliphatic heterocycles. The van der Waals surface area contributed by atoms with Crippen molar-refractivity contribution in [3.63, 3.8) is 0 Å². The molecule has 0 spiro atoms. The predicted molar refractivity (Wildman–Crippen MR) is 135 cm³/mol. The molecule has 2 N–H and O–H groups in total. The third kappa shape index (κ3) is 3.98. The number of ether oxygens (including phenoxy) is 1. The zero-order valence-corrected chi connectivity index (χ0v) is 19.6. The quantitative estimate of drug-likeness (QED) is 0.411. The van der Waals surface area contributed by atoms with Crippen molar-refractivity contribution in [3.8, 4) is 5.75 Å². The van der Waals surface area contributed by atoms with Crippen molar-refractivity contribution in [1.82, 2.24) is 14.9 Å². The van der Waals surface area contributed by atoms with E-state index in [9.17, 15) is 14.4 Å². The van der Waals surface area contributed by atoms with Gasteiger partial charge in [0.15, 0.2) is 11.5 Å². The summed E-state index contributed by atoms with van der Waals surface area (Å²) in [5.74, 6) is 1.77. The van der Waals surface area contributed by atoms with Gasteiger partial charge in [-0.15, -0.1) is 0 Å². The fraction of sp³-hybridized carbons (Fsp3) is 0.269. The van der Waals surface area contributed by atoms with Gasteiger partial charge in [-0.2, -0.15) is 11.8 Å². The number of amides is 1. The van der Waals surface area contributed by atoms with Crippen LogP contribution in [0.3, 0.4) is 0 Å². The number of thioether (sulfide) groups is 1. The predicted octanol–water partition coefficient (Wildman–Crippen LogP) is 4.00. The lowest BCUT2D eigenvalue weighted by Gasteiger charge is -2.22. The van der Waals surface area contributed by atoms with E-state index in [1.807, 2.05) is 36.0 Å². The van der Waals surface area contributed by atoms with Gasteiger partial charge < -0.3 is 15.0 Å². The van der Waals surface area contributed by atoms with Crippen LogP contribution in [0, 0.1) is 0 Å². The number of H-pyrrole nitrogens is 1. The number of benzene rings is 2. The minimum Gasteiger partial charge on any atom is -0.493 e. The number of rotatable bonds is 6. The molecule has 7 nitrogen and oxygen atoms in total. The van der Waals surface area contributed by atoms with Crippen LogP contribution in [-0.2, 0) is 6.54 Å². The number of pyridine rings is 1. The summed E-state index contributed by atoms with van der Waals surface area (Å²) >= 11 is 1.89. The molecule has 1 aliphatic rings. The molecule has 0 atom stereocenters. The molecule has 3 heterocycles. The Bertz CT molecular complexity index is 1440. The number of Topliss-reactive ketones (excluding diaryl/α,β-unsaturated/α-hetero) is 1. The average Bonchev–Trinajstić information content (AvgIpc) is 3.28. The van der Waals surface area contributed by atoms with Gasteiger partial charge >= 0.3 is 0 Å². The number of carbonyl (C=O) groups excluding carboxylic acids is 2. The first-order chi connectivity index (χ1) is 16.6. The molecule has 174 valence electrons. The molecule has 1 fully saturated rings. The Kier molecular flexibility index (Phi) is 6.15. The van der Waals surface area contributed by atoms with Crippen LogP contribution in [0.25, 0.3) is 21.8 Å². The van der Waals surface area contributed by atoms with Crippen LogP contribution < -0.4 is 15.6 Å². The summed E-state index contributed by atoms with van der Waals surface area (Å²) in [7, 11) is 1.45. The van der Waals surface area contributed by atoms with Crippen LogP contribution in [0.4, 0.5) is 0 Å². The Morgan fingerprint density at radius 3 is 2.53 bits per heavy atom. The van der Waals surface area contributed by atoms with E-state index in [1.54, 1.807) is 30.3 Å². The van der Waals surface area contributed by atoms with Crippen molar-refractivity contribution in [2.75, 3.05) is 18.6 Å². The molecule has 1 saturated heterocycles. The molecule has 34 heavy (non-hydrogen) atoms. The summed E-state index contributed by atoms with van der Waals surface area (Å²) in [5.41, 5.74) is 1.53. The van der Waals surface area contributed by atoms with Crippen molar-refractivity contribution in [2.24, 2.45) is 0 Å². The fourth-order valence-corrected chi connectivity index (χ4v) is 5.64. The second kappa shape index (κ2) is 9.38. The summed E-state index contributed by atoms with van der Waals surface area (Å²) in [4.78, 5) is 43.0. The maximum atomic E-state index is 13.7. The fourth-order valence-electron chi connectivity index (χ4n) is 4.53. The van der Waals surface area contributed by atoms with Gasteiger partial charge in [-0.3, -0.25) is 19.0 Å². The van der Waals surface area contributed by atoms with Gasteiger partial charge in [0.2, 0.25) is 0 Å². The molecule has 0 radical (unpaired) electrons. The van der Waals surface area contributed by atoms with Crippen molar-refractivity contribution in [3.05, 3.63) is 76.2 Å². The highest BCUT2D eigenvalue weighted by Crippen LogP contribution is 2.32. The standard InChI is InChI=1S/C26H25N3O4S/c1-33-24-21-22(28-23(24)25(31)27-17-11-13-34-14-12-17)18-9-5-6-10-19(18)29(26(21)32)15-20(30)16-7-3-2-4-8-16/h2-10,17,28H,11-15H2,1H3,(H,27,31). The number of aromatic amines is 1. The van der Waals surface area contributed by atoms with Crippen molar-refractivity contribution in [2.45, 2.75) is 25.4 Å². The average molecular weight is 476 g/mol. The number of carbonyl (C=O) groups is 2. The maximum absolute atomic E-state index is 13.7. The number of nitrogens with zero attached hydrogens (tertiary/aromatic N) is 1. The summed E-state index contributed by atoms with van der Waals surface area (Å²) in [6.07, 6.45) is 1.83. The van der Waals surface area contributed by atoms with Crippen LogP contribution in [0.15, 0.2) is 59.4 Å². The molecule has 8 heteroatoms. The van der Waals surface area contributed by atoms with Gasteiger partial charge in [-0.1, -0.05) is 48.5 Å². The lowest BCUT2D eigenvalue weighted by molar-refractivity contribution is 0.0926. The first-order valence-electron chi connectivity index (χ1n) is 11.3. The van der Waals surface area contributed by atoms with E-state index in [0.29, 0.717) is 16.6 Å². The molecular formula is C26H25N3O4S. The summed E-state index contributed by atoms with van der Waals surface area (Å²) in [6, 6.07) is 16.4. The van der Waals surface area contributed by atoms with Gasteiger partial charge in [-0.25, -0.2) is 0 Å². The van der Waals surface area contributed by atoms with E-state index >= 15 is 0 Å². The highest BCUT2D eigenvalue weighted by atomic mass is 32.2. The van der Waals surface area contributed by atoms with Crippen LogP contribution >= 0.6 is 11.8 Å². The monoisotopic (exact) mass is 475 g/mol. The van der Waals surface area contributed by atoms with Gasteiger partial charge in [0.25, 0.3) is 11.5 Å². The number of methoxy groups -OCH3 is 1.